The van der Waals surface area contributed by atoms with Crippen LogP contribution in [0, 0.1) is 0 Å². The first-order valence-corrected chi connectivity index (χ1v) is 12.3. The molecule has 1 N–H and O–H groups in total. The number of fused-ring (bicyclic) bond motifs is 2. The Morgan fingerprint density at radius 2 is 2.06 bits per heavy atom. The molecule has 0 spiro atoms. The molecule has 3 rings (SSSR count). The van der Waals surface area contributed by atoms with E-state index in [1.807, 2.05) is 20.8 Å². The maximum Gasteiger partial charge on any atom is 0.265 e. The molecular weight excluding hydrogens is 412 g/mol. The van der Waals surface area contributed by atoms with Crippen LogP contribution < -0.4 is 10.9 Å². The third kappa shape index (κ3) is 5.31. The van der Waals surface area contributed by atoms with Crippen LogP contribution in [0.25, 0.3) is 11.0 Å². The Hall–Kier alpha value is -1.87. The van der Waals surface area contributed by atoms with E-state index in [4.69, 9.17) is 4.98 Å². The van der Waals surface area contributed by atoms with Gasteiger partial charge in [0.05, 0.1) is 17.8 Å². The number of hydrogen-bond acceptors (Lipinski definition) is 6. The molecule has 9 heteroatoms. The first-order chi connectivity index (χ1) is 14.7. The van der Waals surface area contributed by atoms with Gasteiger partial charge in [-0.25, -0.2) is 9.67 Å². The first-order valence-electron chi connectivity index (χ1n) is 11.3. The van der Waals surface area contributed by atoms with Crippen LogP contribution in [-0.2, 0) is 10.3 Å². The van der Waals surface area contributed by atoms with Gasteiger partial charge in [0.1, 0.15) is 5.39 Å². The Bertz CT molecular complexity index is 973. The quantitative estimate of drug-likeness (QED) is 0.594. The van der Waals surface area contributed by atoms with Crippen molar-refractivity contribution in [3.8, 4) is 0 Å². The van der Waals surface area contributed by atoms with E-state index in [9.17, 15) is 9.59 Å². The minimum atomic E-state index is -0.260. The molecule has 8 nitrogen and oxygen atoms in total. The van der Waals surface area contributed by atoms with E-state index in [0.29, 0.717) is 28.4 Å². The highest BCUT2D eigenvalue weighted by Gasteiger charge is 2.30. The maximum absolute atomic E-state index is 13.2. The normalized spacial score (nSPS) is 17.3. The van der Waals surface area contributed by atoms with Crippen LogP contribution in [0.15, 0.2) is 16.1 Å². The van der Waals surface area contributed by atoms with E-state index >= 15 is 0 Å². The van der Waals surface area contributed by atoms with E-state index < -0.39 is 0 Å². The number of carbonyl (C=O) groups excluding carboxylic acids is 1. The van der Waals surface area contributed by atoms with Crippen LogP contribution in [0.5, 0.6) is 0 Å². The van der Waals surface area contributed by atoms with Crippen molar-refractivity contribution in [3.63, 3.8) is 0 Å². The van der Waals surface area contributed by atoms with Crippen LogP contribution in [0.1, 0.15) is 66.8 Å². The number of amides is 1. The predicted molar refractivity (Wildman–Crippen MR) is 126 cm³/mol. The zero-order valence-electron chi connectivity index (χ0n) is 19.6. The molecule has 2 aromatic heterocycles. The summed E-state index contributed by atoms with van der Waals surface area (Å²) in [5, 5.41) is 8.69. The third-order valence-electron chi connectivity index (χ3n) is 5.84. The van der Waals surface area contributed by atoms with Crippen LogP contribution in [0.3, 0.4) is 0 Å². The molecule has 0 aliphatic carbocycles. The Kier molecular flexibility index (Phi) is 7.47. The average Bonchev–Trinajstić information content (AvgIpc) is 3.30. The summed E-state index contributed by atoms with van der Waals surface area (Å²) >= 11 is 1.54. The maximum atomic E-state index is 13.2. The molecule has 31 heavy (non-hydrogen) atoms. The van der Waals surface area contributed by atoms with Crippen LogP contribution in [-0.4, -0.2) is 61.6 Å². The van der Waals surface area contributed by atoms with Crippen molar-refractivity contribution in [3.05, 3.63) is 16.6 Å². The summed E-state index contributed by atoms with van der Waals surface area (Å²) in [5.41, 5.74) is 0.248. The van der Waals surface area contributed by atoms with Gasteiger partial charge in [0, 0.05) is 18.2 Å². The lowest BCUT2D eigenvalue weighted by Gasteiger charge is -2.21. The molecule has 0 bridgehead atoms. The van der Waals surface area contributed by atoms with E-state index in [1.165, 1.54) is 11.8 Å². The van der Waals surface area contributed by atoms with E-state index in [1.54, 1.807) is 15.4 Å². The van der Waals surface area contributed by atoms with Gasteiger partial charge in [-0.2, -0.15) is 5.10 Å². The number of hydrogen-bond donors (Lipinski definition) is 1. The summed E-state index contributed by atoms with van der Waals surface area (Å²) in [6.45, 7) is 15.7. The van der Waals surface area contributed by atoms with Crippen molar-refractivity contribution in [1.29, 1.82) is 0 Å². The number of carbonyl (C=O) groups is 1. The van der Waals surface area contributed by atoms with Gasteiger partial charge in [-0.15, -0.1) is 0 Å². The van der Waals surface area contributed by atoms with Crippen molar-refractivity contribution in [2.75, 3.05) is 25.4 Å². The molecular formula is C22H36N6O2S. The van der Waals surface area contributed by atoms with Gasteiger partial charge in [0.15, 0.2) is 10.8 Å². The molecule has 3 heterocycles. The summed E-state index contributed by atoms with van der Waals surface area (Å²) in [7, 11) is 0. The molecule has 0 saturated heterocycles. The molecule has 0 fully saturated rings. The van der Waals surface area contributed by atoms with Gasteiger partial charge in [0.25, 0.3) is 5.56 Å². The van der Waals surface area contributed by atoms with Gasteiger partial charge in [-0.3, -0.25) is 14.2 Å². The van der Waals surface area contributed by atoms with Gasteiger partial charge < -0.3 is 10.2 Å². The van der Waals surface area contributed by atoms with Crippen LogP contribution in [0.4, 0.5) is 0 Å². The Labute approximate surface area is 188 Å². The van der Waals surface area contributed by atoms with E-state index in [0.717, 1.165) is 32.5 Å². The molecule has 1 amide bonds. The van der Waals surface area contributed by atoms with Crippen molar-refractivity contribution in [2.24, 2.45) is 0 Å². The van der Waals surface area contributed by atoms with E-state index in [2.05, 4.69) is 36.1 Å². The second-order valence-corrected chi connectivity index (χ2v) is 10.3. The second-order valence-electron chi connectivity index (χ2n) is 9.34. The molecule has 1 aliphatic heterocycles. The molecule has 172 valence electrons. The third-order valence-corrected chi connectivity index (χ3v) is 6.94. The van der Waals surface area contributed by atoms with Gasteiger partial charge in [-0.05, 0) is 60.2 Å². The molecule has 0 saturated carbocycles. The predicted octanol–water partition coefficient (Wildman–Crippen LogP) is 3.01. The molecule has 1 aliphatic rings. The number of aromatic nitrogens is 4. The zero-order chi connectivity index (χ0) is 22.8. The Morgan fingerprint density at radius 1 is 1.35 bits per heavy atom. The lowest BCUT2D eigenvalue weighted by Crippen LogP contribution is -2.36. The monoisotopic (exact) mass is 448 g/mol. The fraction of sp³-hybridized carbons (Fsp3) is 0.727. The fourth-order valence-electron chi connectivity index (χ4n) is 4.05. The summed E-state index contributed by atoms with van der Waals surface area (Å²) in [6, 6.07) is -0.0517. The van der Waals surface area contributed by atoms with Crippen molar-refractivity contribution in [2.45, 2.75) is 83.6 Å². The van der Waals surface area contributed by atoms with Crippen LogP contribution in [0.2, 0.25) is 0 Å². The lowest BCUT2D eigenvalue weighted by molar-refractivity contribution is -0.122. The zero-order valence-corrected chi connectivity index (χ0v) is 20.5. The van der Waals surface area contributed by atoms with Crippen molar-refractivity contribution < 1.29 is 4.79 Å². The van der Waals surface area contributed by atoms with Crippen LogP contribution >= 0.6 is 11.8 Å². The van der Waals surface area contributed by atoms with Gasteiger partial charge in [-0.1, -0.05) is 25.6 Å². The SMILES string of the molecule is CCN(CC)CCCC(C)NC(=O)CC1CSc2nc3c(cnn3C(C)(C)C)c(=O)n21. The van der Waals surface area contributed by atoms with Gasteiger partial charge >= 0.3 is 0 Å². The van der Waals surface area contributed by atoms with Crippen molar-refractivity contribution >= 4 is 28.7 Å². The largest absolute Gasteiger partial charge is 0.354 e. The summed E-state index contributed by atoms with van der Waals surface area (Å²) in [5.74, 6) is 0.674. The summed E-state index contributed by atoms with van der Waals surface area (Å²) < 4.78 is 3.48. The Morgan fingerprint density at radius 3 is 2.71 bits per heavy atom. The standard InChI is InChI=1S/C22H36N6O2S/c1-7-26(8-2)11-9-10-15(3)24-18(29)12-16-14-31-21-25-19-17(20(30)27(16)21)13-23-28(19)22(4,5)6/h13,15-16H,7-12,14H2,1-6H3,(H,24,29). The highest BCUT2D eigenvalue weighted by atomic mass is 32.2. The highest BCUT2D eigenvalue weighted by Crippen LogP contribution is 2.33. The number of nitrogens with zero attached hydrogens (tertiary/aromatic N) is 5. The summed E-state index contributed by atoms with van der Waals surface area (Å²) in [6.07, 6.45) is 3.90. The van der Waals surface area contributed by atoms with Crippen molar-refractivity contribution in [1.82, 2.24) is 29.5 Å². The average molecular weight is 449 g/mol. The fourth-order valence-corrected chi connectivity index (χ4v) is 5.18. The lowest BCUT2D eigenvalue weighted by atomic mass is 10.1. The molecule has 2 aromatic rings. The summed E-state index contributed by atoms with van der Waals surface area (Å²) in [4.78, 5) is 32.9. The highest BCUT2D eigenvalue weighted by molar-refractivity contribution is 7.99. The minimum absolute atomic E-state index is 0.00817. The second kappa shape index (κ2) is 9.73. The topological polar surface area (TPSA) is 85.1 Å². The number of nitrogens with one attached hydrogen (secondary N) is 1. The smallest absolute Gasteiger partial charge is 0.265 e. The van der Waals surface area contributed by atoms with Gasteiger partial charge in [0.2, 0.25) is 5.91 Å². The Balaban J connectivity index is 1.65. The molecule has 0 radical (unpaired) electrons. The molecule has 2 atom stereocenters. The first kappa shape index (κ1) is 23.8. The number of rotatable bonds is 9. The molecule has 0 aromatic carbocycles. The minimum Gasteiger partial charge on any atom is -0.354 e. The number of thioether (sulfide) groups is 1. The molecule has 2 unspecified atom stereocenters. The van der Waals surface area contributed by atoms with E-state index in [-0.39, 0.29) is 29.1 Å².